The molecule has 1 unspecified atom stereocenters. The zero-order valence-electron chi connectivity index (χ0n) is 10.3. The SMILES string of the molecule is C=CCCCCCC(NC)C(OC)OC. The summed E-state index contributed by atoms with van der Waals surface area (Å²) in [5.74, 6) is 0. The summed E-state index contributed by atoms with van der Waals surface area (Å²) in [5.41, 5.74) is 0. The van der Waals surface area contributed by atoms with E-state index in [9.17, 15) is 0 Å². The van der Waals surface area contributed by atoms with Gasteiger partial charge in [0.15, 0.2) is 6.29 Å². The molecule has 0 radical (unpaired) electrons. The molecular weight excluding hydrogens is 190 g/mol. The van der Waals surface area contributed by atoms with Gasteiger partial charge >= 0.3 is 0 Å². The lowest BCUT2D eigenvalue weighted by Gasteiger charge is -2.24. The molecule has 15 heavy (non-hydrogen) atoms. The van der Waals surface area contributed by atoms with E-state index in [0.717, 1.165) is 12.8 Å². The Morgan fingerprint density at radius 3 is 2.33 bits per heavy atom. The molecule has 1 atom stereocenters. The lowest BCUT2D eigenvalue weighted by atomic mass is 10.1. The third-order valence-corrected chi connectivity index (χ3v) is 2.59. The van der Waals surface area contributed by atoms with E-state index in [1.165, 1.54) is 19.3 Å². The minimum absolute atomic E-state index is 0.144. The van der Waals surface area contributed by atoms with Crippen LogP contribution in [0.15, 0.2) is 12.7 Å². The molecule has 90 valence electrons. The quantitative estimate of drug-likeness (QED) is 0.345. The predicted molar refractivity (Wildman–Crippen MR) is 63.9 cm³/mol. The molecule has 0 fully saturated rings. The molecule has 0 saturated heterocycles. The summed E-state index contributed by atoms with van der Waals surface area (Å²) < 4.78 is 10.5. The smallest absolute Gasteiger partial charge is 0.171 e. The molecule has 0 aromatic carbocycles. The second kappa shape index (κ2) is 10.1. The molecule has 0 aromatic rings. The number of ether oxygens (including phenoxy) is 2. The van der Waals surface area contributed by atoms with Crippen LogP contribution in [0.2, 0.25) is 0 Å². The van der Waals surface area contributed by atoms with Crippen molar-refractivity contribution in [3.05, 3.63) is 12.7 Å². The van der Waals surface area contributed by atoms with E-state index in [1.807, 2.05) is 13.1 Å². The lowest BCUT2D eigenvalue weighted by molar-refractivity contribution is -0.123. The van der Waals surface area contributed by atoms with Gasteiger partial charge in [-0.3, -0.25) is 0 Å². The monoisotopic (exact) mass is 215 g/mol. The molecule has 0 spiro atoms. The molecule has 0 rings (SSSR count). The summed E-state index contributed by atoms with van der Waals surface area (Å²) in [5, 5.41) is 3.22. The van der Waals surface area contributed by atoms with E-state index in [4.69, 9.17) is 9.47 Å². The molecule has 3 nitrogen and oxygen atoms in total. The summed E-state index contributed by atoms with van der Waals surface area (Å²) in [6.07, 6.45) is 7.69. The van der Waals surface area contributed by atoms with Crippen molar-refractivity contribution >= 4 is 0 Å². The Morgan fingerprint density at radius 1 is 1.20 bits per heavy atom. The Labute approximate surface area is 93.8 Å². The molecule has 0 amide bonds. The summed E-state index contributed by atoms with van der Waals surface area (Å²) in [6.45, 7) is 3.71. The largest absolute Gasteiger partial charge is 0.354 e. The summed E-state index contributed by atoms with van der Waals surface area (Å²) in [7, 11) is 5.30. The fourth-order valence-corrected chi connectivity index (χ4v) is 1.67. The second-order valence-electron chi connectivity index (χ2n) is 3.66. The first kappa shape index (κ1) is 14.6. The van der Waals surface area contributed by atoms with Gasteiger partial charge < -0.3 is 14.8 Å². The van der Waals surface area contributed by atoms with Gasteiger partial charge in [0.05, 0.1) is 6.04 Å². The molecule has 1 N–H and O–H groups in total. The van der Waals surface area contributed by atoms with Gasteiger partial charge in [-0.1, -0.05) is 18.9 Å². The number of hydrogen-bond donors (Lipinski definition) is 1. The van der Waals surface area contributed by atoms with E-state index >= 15 is 0 Å². The van der Waals surface area contributed by atoms with Crippen LogP contribution in [-0.4, -0.2) is 33.6 Å². The maximum atomic E-state index is 5.23. The van der Waals surface area contributed by atoms with Crippen LogP contribution in [0.1, 0.15) is 32.1 Å². The number of likely N-dealkylation sites (N-methyl/N-ethyl adjacent to an activating group) is 1. The summed E-state index contributed by atoms with van der Waals surface area (Å²) >= 11 is 0. The van der Waals surface area contributed by atoms with Crippen molar-refractivity contribution < 1.29 is 9.47 Å². The maximum absolute atomic E-state index is 5.23. The van der Waals surface area contributed by atoms with E-state index < -0.39 is 0 Å². The standard InChI is InChI=1S/C12H25NO2/c1-5-6-7-8-9-10-11(13-2)12(14-3)15-4/h5,11-13H,1,6-10H2,2-4H3. The van der Waals surface area contributed by atoms with Gasteiger partial charge in [0.2, 0.25) is 0 Å². The fourth-order valence-electron chi connectivity index (χ4n) is 1.67. The van der Waals surface area contributed by atoms with Crippen LogP contribution in [0, 0.1) is 0 Å². The van der Waals surface area contributed by atoms with Crippen molar-refractivity contribution in [2.45, 2.75) is 44.4 Å². The molecule has 0 aliphatic heterocycles. The highest BCUT2D eigenvalue weighted by atomic mass is 16.7. The number of hydrogen-bond acceptors (Lipinski definition) is 3. The highest BCUT2D eigenvalue weighted by molar-refractivity contribution is 4.70. The fraction of sp³-hybridized carbons (Fsp3) is 0.833. The van der Waals surface area contributed by atoms with Crippen molar-refractivity contribution in [1.82, 2.24) is 5.32 Å². The number of methoxy groups -OCH3 is 2. The van der Waals surface area contributed by atoms with Crippen LogP contribution in [0.25, 0.3) is 0 Å². The van der Waals surface area contributed by atoms with Crippen molar-refractivity contribution in [2.24, 2.45) is 0 Å². The third-order valence-electron chi connectivity index (χ3n) is 2.59. The predicted octanol–water partition coefficient (Wildman–Crippen LogP) is 2.33. The highest BCUT2D eigenvalue weighted by Gasteiger charge is 2.17. The van der Waals surface area contributed by atoms with Gasteiger partial charge in [0.25, 0.3) is 0 Å². The Morgan fingerprint density at radius 2 is 1.87 bits per heavy atom. The van der Waals surface area contributed by atoms with Crippen LogP contribution in [0.4, 0.5) is 0 Å². The number of unbranched alkanes of at least 4 members (excludes halogenated alkanes) is 3. The van der Waals surface area contributed by atoms with Crippen molar-refractivity contribution in [3.8, 4) is 0 Å². The molecule has 0 aliphatic carbocycles. The lowest BCUT2D eigenvalue weighted by Crippen LogP contribution is -2.39. The summed E-state index contributed by atoms with van der Waals surface area (Å²) in [4.78, 5) is 0. The molecule has 0 heterocycles. The first-order valence-corrected chi connectivity index (χ1v) is 5.63. The maximum Gasteiger partial charge on any atom is 0.171 e. The Kier molecular flexibility index (Phi) is 9.89. The van der Waals surface area contributed by atoms with Gasteiger partial charge in [-0.05, 0) is 26.3 Å². The molecule has 0 aromatic heterocycles. The number of rotatable bonds is 10. The van der Waals surface area contributed by atoms with Gasteiger partial charge in [-0.15, -0.1) is 6.58 Å². The molecular formula is C12H25NO2. The minimum Gasteiger partial charge on any atom is -0.354 e. The van der Waals surface area contributed by atoms with Crippen LogP contribution in [0.5, 0.6) is 0 Å². The van der Waals surface area contributed by atoms with Crippen molar-refractivity contribution in [2.75, 3.05) is 21.3 Å². The molecule has 0 bridgehead atoms. The van der Waals surface area contributed by atoms with Crippen LogP contribution in [0.3, 0.4) is 0 Å². The minimum atomic E-state index is -0.144. The number of allylic oxidation sites excluding steroid dienone is 1. The Balaban J connectivity index is 3.64. The number of nitrogens with one attached hydrogen (secondary N) is 1. The van der Waals surface area contributed by atoms with Gasteiger partial charge in [-0.25, -0.2) is 0 Å². The van der Waals surface area contributed by atoms with Crippen LogP contribution < -0.4 is 5.32 Å². The zero-order chi connectivity index (χ0) is 11.5. The first-order valence-electron chi connectivity index (χ1n) is 5.63. The van der Waals surface area contributed by atoms with Crippen molar-refractivity contribution in [1.29, 1.82) is 0 Å². The zero-order valence-corrected chi connectivity index (χ0v) is 10.3. The topological polar surface area (TPSA) is 30.5 Å². The second-order valence-corrected chi connectivity index (χ2v) is 3.66. The van der Waals surface area contributed by atoms with Gasteiger partial charge in [-0.2, -0.15) is 0 Å². The molecule has 3 heteroatoms. The van der Waals surface area contributed by atoms with E-state index in [-0.39, 0.29) is 12.3 Å². The van der Waals surface area contributed by atoms with E-state index in [2.05, 4.69) is 11.9 Å². The normalized spacial score (nSPS) is 13.1. The van der Waals surface area contributed by atoms with Crippen LogP contribution >= 0.6 is 0 Å². The average Bonchev–Trinajstić information content (AvgIpc) is 2.27. The average molecular weight is 215 g/mol. The highest BCUT2D eigenvalue weighted by Crippen LogP contribution is 2.10. The molecule has 0 aliphatic rings. The Hall–Kier alpha value is -0.380. The Bertz CT molecular complexity index is 147. The molecule has 0 saturated carbocycles. The van der Waals surface area contributed by atoms with Gasteiger partial charge in [0.1, 0.15) is 0 Å². The van der Waals surface area contributed by atoms with E-state index in [0.29, 0.717) is 0 Å². The van der Waals surface area contributed by atoms with Crippen LogP contribution in [-0.2, 0) is 9.47 Å². The summed E-state index contributed by atoms with van der Waals surface area (Å²) in [6, 6.07) is 0.281. The third kappa shape index (κ3) is 6.66. The van der Waals surface area contributed by atoms with Gasteiger partial charge in [0, 0.05) is 14.2 Å². The van der Waals surface area contributed by atoms with E-state index in [1.54, 1.807) is 14.2 Å². The van der Waals surface area contributed by atoms with Crippen molar-refractivity contribution in [3.63, 3.8) is 0 Å². The first-order chi connectivity index (χ1) is 7.29.